The van der Waals surface area contributed by atoms with Crippen LogP contribution in [0.15, 0.2) is 4.74 Å². The fraction of sp³-hybridized carbons (Fsp3) is 1.00. The molecule has 0 saturated carbocycles. The van der Waals surface area contributed by atoms with Gasteiger partial charge in [-0.3, -0.25) is 9.80 Å². The number of alkyl halides is 3. The number of halogens is 3. The monoisotopic (exact) mass is 384 g/mol. The van der Waals surface area contributed by atoms with Gasteiger partial charge < -0.3 is 0 Å². The molecule has 0 radical (unpaired) electrons. The molecule has 5 fully saturated rings. The van der Waals surface area contributed by atoms with E-state index in [-0.39, 0.29) is 0 Å². The molecule has 0 spiro atoms. The normalized spacial score (nSPS) is 30.5. The first kappa shape index (κ1) is 15.2. The Morgan fingerprint density at radius 2 is 1.00 bits per heavy atom. The third-order valence-electron chi connectivity index (χ3n) is 4.84. The zero-order valence-corrected chi connectivity index (χ0v) is 15.5. The minimum atomic E-state index is -1.84. The van der Waals surface area contributed by atoms with Crippen LogP contribution < -0.4 is 0 Å². The maximum absolute atomic E-state index is 6.52. The Morgan fingerprint density at radius 3 is 1.23 bits per heavy atom. The number of rotatable bonds is 6. The van der Waals surface area contributed by atoms with Gasteiger partial charge in [-0.25, -0.2) is 18.8 Å². The summed E-state index contributed by atoms with van der Waals surface area (Å²) in [4.78, 5) is 4.47. The number of hydrogen-bond donors (Lipinski definition) is 0. The van der Waals surface area contributed by atoms with Crippen molar-refractivity contribution in [3.8, 4) is 0 Å². The lowest BCUT2D eigenvalue weighted by Crippen LogP contribution is -2.55. The average molecular weight is 386 g/mol. The van der Waals surface area contributed by atoms with E-state index in [1.807, 2.05) is 0 Å². The average Bonchev–Trinajstić information content (AvgIpc) is 3.32. The topological polar surface area (TPSA) is 27.4 Å². The van der Waals surface area contributed by atoms with Gasteiger partial charge in [0.2, 0.25) is 9.58 Å². The second kappa shape index (κ2) is 4.75. The maximum Gasteiger partial charge on any atom is 0.243 e. The van der Waals surface area contributed by atoms with Crippen LogP contribution in [0.3, 0.4) is 0 Å². The number of hydrogen-bond acceptors (Lipinski definition) is 3. The summed E-state index contributed by atoms with van der Waals surface area (Å²) < 4.78 is 11.6. The van der Waals surface area contributed by atoms with E-state index >= 15 is 0 Å². The molecular weight excluding hydrogens is 366 g/mol. The first-order chi connectivity index (χ1) is 10.5. The molecule has 5 aliphatic rings. The highest BCUT2D eigenvalue weighted by atomic mass is 35.6. The zero-order valence-electron chi connectivity index (χ0n) is 12.3. The Kier molecular flexibility index (Phi) is 3.27. The summed E-state index contributed by atoms with van der Waals surface area (Å²) in [6.07, 6.45) is 0. The Morgan fingerprint density at radius 1 is 0.636 bits per heavy atom. The molecule has 6 nitrogen and oxygen atoms in total. The third kappa shape index (κ3) is 2.23. The van der Waals surface area contributed by atoms with Crippen molar-refractivity contribution in [1.29, 1.82) is 0 Å². The van der Waals surface area contributed by atoms with Crippen molar-refractivity contribution in [2.24, 2.45) is 4.74 Å². The predicted molar refractivity (Wildman–Crippen MR) is 90.2 cm³/mol. The summed E-state index contributed by atoms with van der Waals surface area (Å²) in [5.41, 5.74) is 0. The molecule has 22 heavy (non-hydrogen) atoms. The summed E-state index contributed by atoms with van der Waals surface area (Å²) in [6.45, 7) is 10.6. The highest BCUT2D eigenvalue weighted by Crippen LogP contribution is 2.71. The Hall–Kier alpha value is 0.900. The number of nitrogens with zero attached hydrogens (tertiary/aromatic N) is 6. The summed E-state index contributed by atoms with van der Waals surface area (Å²) >= 11 is 19.6. The summed E-state index contributed by atoms with van der Waals surface area (Å²) in [6, 6.07) is 0. The quantitative estimate of drug-likeness (QED) is 0.393. The molecule has 0 aromatic rings. The molecule has 124 valence electrons. The van der Waals surface area contributed by atoms with E-state index in [2.05, 4.69) is 23.8 Å². The van der Waals surface area contributed by atoms with Gasteiger partial charge in [0.1, 0.15) is 0 Å². The van der Waals surface area contributed by atoms with Crippen LogP contribution in [0.4, 0.5) is 0 Å². The molecule has 0 N–H and O–H groups in total. The first-order valence-corrected chi connectivity index (χ1v) is 10.7. The van der Waals surface area contributed by atoms with E-state index in [0.29, 0.717) is 0 Å². The lowest BCUT2D eigenvalue weighted by Gasteiger charge is -2.42. The highest BCUT2D eigenvalue weighted by Gasteiger charge is 2.66. The van der Waals surface area contributed by atoms with Crippen LogP contribution in [0, 0.1) is 0 Å². The third-order valence-corrected chi connectivity index (χ3v) is 9.62. The van der Waals surface area contributed by atoms with Crippen LogP contribution in [0.25, 0.3) is 0 Å². The van der Waals surface area contributed by atoms with Gasteiger partial charge >= 0.3 is 0 Å². The van der Waals surface area contributed by atoms with Gasteiger partial charge in [0.25, 0.3) is 0 Å². The Balaban J connectivity index is 1.68. The molecule has 0 unspecified atom stereocenters. The predicted octanol–water partition coefficient (Wildman–Crippen LogP) is 1.53. The molecule has 5 heterocycles. The maximum atomic E-state index is 6.52. The lowest BCUT2D eigenvalue weighted by molar-refractivity contribution is 0.110. The van der Waals surface area contributed by atoms with E-state index in [1.54, 1.807) is 0 Å². The van der Waals surface area contributed by atoms with Crippen LogP contribution >= 0.6 is 42.3 Å². The van der Waals surface area contributed by atoms with Gasteiger partial charge in [-0.15, -0.1) is 0 Å². The van der Waals surface area contributed by atoms with Gasteiger partial charge in [0, 0.05) is 65.4 Å². The van der Waals surface area contributed by atoms with Crippen molar-refractivity contribution in [2.75, 3.05) is 65.4 Å². The van der Waals surface area contributed by atoms with Gasteiger partial charge in [-0.1, -0.05) is 34.8 Å². The molecule has 0 aliphatic carbocycles. The minimum absolute atomic E-state index is 0.779. The van der Waals surface area contributed by atoms with Crippen molar-refractivity contribution in [2.45, 2.75) is 9.58 Å². The van der Waals surface area contributed by atoms with Crippen LogP contribution in [0.2, 0.25) is 0 Å². The van der Waals surface area contributed by atoms with E-state index in [4.69, 9.17) is 39.5 Å². The second-order valence-corrected chi connectivity index (χ2v) is 11.9. The molecule has 0 aromatic heterocycles. The van der Waals surface area contributed by atoms with E-state index in [0.717, 1.165) is 65.4 Å². The lowest BCUT2D eigenvalue weighted by atomic mass is 10.4. The standard InChI is InChI=1S/C12H20Cl3N6P/c13-11(14,15)12(17-1-2-17,18-3-4-18)16-22(19-5-6-19,20-7-8-20)21-9-10-21/h1-10H2. The Bertz CT molecular complexity index is 496. The second-order valence-electron chi connectivity index (χ2n) is 6.60. The molecule has 0 amide bonds. The largest absolute Gasteiger partial charge is 0.260 e. The fourth-order valence-corrected chi connectivity index (χ4v) is 8.45. The van der Waals surface area contributed by atoms with E-state index < -0.39 is 17.1 Å². The summed E-state index contributed by atoms with van der Waals surface area (Å²) in [5.74, 6) is -0.779. The highest BCUT2D eigenvalue weighted by molar-refractivity contribution is 7.60. The van der Waals surface area contributed by atoms with Crippen LogP contribution in [-0.4, -0.2) is 98.8 Å². The minimum Gasteiger partial charge on any atom is -0.260 e. The van der Waals surface area contributed by atoms with Crippen LogP contribution in [-0.2, 0) is 0 Å². The van der Waals surface area contributed by atoms with Gasteiger partial charge in [0.15, 0.2) is 7.51 Å². The van der Waals surface area contributed by atoms with E-state index in [1.165, 1.54) is 0 Å². The smallest absolute Gasteiger partial charge is 0.243 e. The van der Waals surface area contributed by atoms with Crippen LogP contribution in [0.5, 0.6) is 0 Å². The molecular formula is C12H20Cl3N6P. The summed E-state index contributed by atoms with van der Waals surface area (Å²) in [7, 11) is -1.84. The Labute approximate surface area is 146 Å². The van der Waals surface area contributed by atoms with Crippen molar-refractivity contribution >= 4 is 42.3 Å². The molecule has 0 atom stereocenters. The molecule has 0 aromatic carbocycles. The van der Waals surface area contributed by atoms with Crippen molar-refractivity contribution in [1.82, 2.24) is 23.8 Å². The van der Waals surface area contributed by atoms with Crippen LogP contribution in [0.1, 0.15) is 0 Å². The fourth-order valence-electron chi connectivity index (χ4n) is 3.32. The molecule has 5 rings (SSSR count). The van der Waals surface area contributed by atoms with Gasteiger partial charge in [0.05, 0.1) is 0 Å². The van der Waals surface area contributed by atoms with Crippen molar-refractivity contribution in [3.63, 3.8) is 0 Å². The first-order valence-electron chi connectivity index (χ1n) is 7.95. The molecule has 0 bridgehead atoms. The summed E-state index contributed by atoms with van der Waals surface area (Å²) in [5, 5.41) is 0. The molecule has 5 saturated heterocycles. The van der Waals surface area contributed by atoms with Gasteiger partial charge in [-0.05, 0) is 0 Å². The SMILES string of the molecule is ClC(Cl)(Cl)C(N=P(N1CC1)(N1CC1)N1CC1)(N1CC1)N1CC1. The van der Waals surface area contributed by atoms with Gasteiger partial charge in [-0.2, -0.15) is 0 Å². The van der Waals surface area contributed by atoms with Crippen molar-refractivity contribution in [3.05, 3.63) is 0 Å². The van der Waals surface area contributed by atoms with Crippen molar-refractivity contribution < 1.29 is 0 Å². The molecule has 10 heteroatoms. The molecule has 5 aliphatic heterocycles. The zero-order chi connectivity index (χ0) is 15.2. The van der Waals surface area contributed by atoms with E-state index in [9.17, 15) is 0 Å².